The highest BCUT2D eigenvalue weighted by molar-refractivity contribution is 7.10. The van der Waals surface area contributed by atoms with Gasteiger partial charge in [0.05, 0.1) is 54.4 Å². The monoisotopic (exact) mass is 1020 g/mol. The average molecular weight is 1020 g/mol. The van der Waals surface area contributed by atoms with E-state index in [9.17, 15) is 23.2 Å². The highest BCUT2D eigenvalue weighted by atomic mass is 32.1. The van der Waals surface area contributed by atoms with Crippen LogP contribution in [0.25, 0.3) is 33.4 Å². The molecule has 1 unspecified atom stereocenters. The van der Waals surface area contributed by atoms with E-state index in [1.165, 1.54) is 16.3 Å². The van der Waals surface area contributed by atoms with Gasteiger partial charge in [0, 0.05) is 91.8 Å². The molecule has 4 aromatic rings. The Morgan fingerprint density at radius 1 is 1.03 bits per heavy atom. The van der Waals surface area contributed by atoms with Crippen LogP contribution in [0.15, 0.2) is 35.8 Å². The number of amides is 2. The van der Waals surface area contributed by atoms with Gasteiger partial charge in [0.25, 0.3) is 12.3 Å². The highest BCUT2D eigenvalue weighted by Gasteiger charge is 2.50. The van der Waals surface area contributed by atoms with Gasteiger partial charge in [-0.25, -0.2) is 19.2 Å². The molecule has 1 aromatic carbocycles. The van der Waals surface area contributed by atoms with Crippen LogP contribution in [-0.4, -0.2) is 147 Å². The summed E-state index contributed by atoms with van der Waals surface area (Å²) in [5.41, 5.74) is 9.46. The number of carbonyl (C=O) groups is 3. The zero-order valence-corrected chi connectivity index (χ0v) is 43.6. The van der Waals surface area contributed by atoms with Crippen LogP contribution in [0.2, 0.25) is 0 Å². The van der Waals surface area contributed by atoms with Crippen molar-refractivity contribution in [3.05, 3.63) is 52.1 Å². The van der Waals surface area contributed by atoms with Crippen LogP contribution in [0.1, 0.15) is 95.2 Å². The lowest BCUT2D eigenvalue weighted by molar-refractivity contribution is -0.157. The van der Waals surface area contributed by atoms with Crippen molar-refractivity contribution in [1.82, 2.24) is 35.2 Å². The van der Waals surface area contributed by atoms with Crippen LogP contribution in [0.5, 0.6) is 0 Å². The van der Waals surface area contributed by atoms with Crippen LogP contribution in [0, 0.1) is 23.2 Å². The van der Waals surface area contributed by atoms with Gasteiger partial charge in [0.1, 0.15) is 29.8 Å². The van der Waals surface area contributed by atoms with Crippen molar-refractivity contribution in [2.75, 3.05) is 84.8 Å². The van der Waals surface area contributed by atoms with E-state index < -0.39 is 48.5 Å². The molecule has 7 atom stereocenters. The number of thiazole rings is 1. The van der Waals surface area contributed by atoms with E-state index in [0.717, 1.165) is 90.1 Å². The number of methoxy groups -OCH3 is 1. The number of likely N-dealkylation sites (N-methyl/N-ethyl adjacent to an activating group) is 1. The second-order valence-corrected chi connectivity index (χ2v) is 22.1. The van der Waals surface area contributed by atoms with Crippen LogP contribution in [0.4, 0.5) is 14.5 Å². The summed E-state index contributed by atoms with van der Waals surface area (Å²) in [5, 5.41) is 7.25. The maximum atomic E-state index is 14.7. The van der Waals surface area contributed by atoms with E-state index in [1.807, 2.05) is 38.4 Å². The van der Waals surface area contributed by atoms with Crippen molar-refractivity contribution in [2.24, 2.45) is 23.2 Å². The summed E-state index contributed by atoms with van der Waals surface area (Å²) in [7, 11) is 3.85. The number of carbonyl (C=O) groups excluding carboxylic acids is 3. The Bertz CT molecular complexity index is 2560. The third-order valence-corrected chi connectivity index (χ3v) is 16.3. The first-order valence-corrected chi connectivity index (χ1v) is 26.7. The number of halogens is 2. The van der Waals surface area contributed by atoms with Gasteiger partial charge < -0.3 is 43.4 Å². The minimum atomic E-state index is -2.86. The second kappa shape index (κ2) is 22.5. The molecule has 16 nitrogen and oxygen atoms in total. The molecule has 4 aliphatic heterocycles. The van der Waals surface area contributed by atoms with Gasteiger partial charge in [-0.3, -0.25) is 24.4 Å². The third-order valence-electron chi connectivity index (χ3n) is 15.4. The summed E-state index contributed by atoms with van der Waals surface area (Å²) in [6.07, 6.45) is 1.44. The summed E-state index contributed by atoms with van der Waals surface area (Å²) < 4.78 is 61.0. The average Bonchev–Trinajstić information content (AvgIpc) is 3.63. The number of pyridine rings is 1. The smallest absolute Gasteiger partial charge is 0.324 e. The largest absolute Gasteiger partial charge is 0.464 e. The fourth-order valence-corrected chi connectivity index (χ4v) is 11.8. The van der Waals surface area contributed by atoms with Gasteiger partial charge >= 0.3 is 5.97 Å². The number of anilines is 1. The van der Waals surface area contributed by atoms with Crippen molar-refractivity contribution in [2.45, 2.75) is 117 Å². The number of fused-ring (bicyclic) bond motifs is 6. The third kappa shape index (κ3) is 11.5. The van der Waals surface area contributed by atoms with E-state index in [4.69, 9.17) is 33.7 Å². The first-order chi connectivity index (χ1) is 34.6. The zero-order chi connectivity index (χ0) is 50.8. The molecular formula is C53H72F2N8O8S. The number of ether oxygens (including phenoxy) is 5. The topological polar surface area (TPSA) is 162 Å². The Labute approximate surface area is 425 Å². The molecule has 1 aliphatic carbocycles. The summed E-state index contributed by atoms with van der Waals surface area (Å²) in [4.78, 5) is 57.8. The number of cyclic esters (lactones) is 1. The molecule has 2 amide bonds. The van der Waals surface area contributed by atoms with Crippen molar-refractivity contribution >= 4 is 45.7 Å². The first-order valence-electron chi connectivity index (χ1n) is 25.8. The molecule has 3 saturated heterocycles. The van der Waals surface area contributed by atoms with Gasteiger partial charge in [0.2, 0.25) is 5.91 Å². The van der Waals surface area contributed by atoms with Crippen molar-refractivity contribution < 1.29 is 46.8 Å². The van der Waals surface area contributed by atoms with Crippen molar-refractivity contribution in [1.29, 1.82) is 0 Å². The standard InChI is InChI=1S/C53H72F2N8O8S/c1-31-32(2)44(31)49(64)58-46-48(70-28-43(54)55)50-57-41(29-72-50)34-11-12-42-37(24-34)39(26-53(4,5)30-71-52(66)40-10-8-17-63(59-40)51(46)65)47(62(42)20-23-69-36-13-21-68-22-14-36)38-25-35(27-56-45(38)33(3)67-7)61-16-9-15-60(6)18-19-61/h11-12,24-25,27,29,31-33,36,40,43-44,46,48,59H,8-10,13-23,26,28,30H2,1-7H3,(H,58,64)/t31-,32+,33-,40-,44?,46-,48-/m0/s1. The Kier molecular flexibility index (Phi) is 16.3. The molecule has 0 radical (unpaired) electrons. The number of nitrogens with zero attached hydrogens (tertiary/aromatic N) is 6. The summed E-state index contributed by atoms with van der Waals surface area (Å²) >= 11 is 1.18. The Hall–Kier alpha value is -4.63. The summed E-state index contributed by atoms with van der Waals surface area (Å²) in [6.45, 7) is 15.4. The molecule has 2 N–H and O–H groups in total. The molecule has 9 rings (SSSR count). The maximum Gasteiger partial charge on any atom is 0.324 e. The number of benzene rings is 1. The summed E-state index contributed by atoms with van der Waals surface area (Å²) in [5.74, 6) is -1.72. The minimum absolute atomic E-state index is 0.0625. The van der Waals surface area contributed by atoms with Crippen LogP contribution >= 0.6 is 11.3 Å². The fourth-order valence-electron chi connectivity index (χ4n) is 10.9. The molecule has 0 spiro atoms. The van der Waals surface area contributed by atoms with E-state index >= 15 is 0 Å². The number of alkyl halides is 2. The lowest BCUT2D eigenvalue weighted by Crippen LogP contribution is -2.61. The quantitative estimate of drug-likeness (QED) is 0.130. The number of hydrogen-bond donors (Lipinski definition) is 2. The molecule has 5 aliphatic rings. The van der Waals surface area contributed by atoms with Gasteiger partial charge in [-0.15, -0.1) is 11.3 Å². The molecule has 7 heterocycles. The van der Waals surface area contributed by atoms with E-state index in [0.29, 0.717) is 51.3 Å². The normalized spacial score (nSPS) is 26.1. The second-order valence-electron chi connectivity index (χ2n) is 21.3. The van der Waals surface area contributed by atoms with Crippen molar-refractivity contribution in [3.63, 3.8) is 0 Å². The number of nitrogens with one attached hydrogen (secondary N) is 2. The predicted octanol–water partition coefficient (Wildman–Crippen LogP) is 7.20. The molecular weight excluding hydrogens is 947 g/mol. The zero-order valence-electron chi connectivity index (χ0n) is 42.8. The number of hydrogen-bond acceptors (Lipinski definition) is 14. The molecule has 1 saturated carbocycles. The van der Waals surface area contributed by atoms with Crippen LogP contribution in [-0.2, 0) is 51.0 Å². The number of aromatic nitrogens is 3. The first kappa shape index (κ1) is 52.2. The highest BCUT2D eigenvalue weighted by Crippen LogP contribution is 2.46. The molecule has 6 bridgehead atoms. The molecule has 392 valence electrons. The van der Waals surface area contributed by atoms with E-state index in [1.54, 1.807) is 7.11 Å². The van der Waals surface area contributed by atoms with E-state index in [2.05, 4.69) is 64.2 Å². The number of rotatable bonds is 13. The lowest BCUT2D eigenvalue weighted by atomic mass is 9.84. The van der Waals surface area contributed by atoms with Gasteiger partial charge in [-0.1, -0.05) is 33.8 Å². The fraction of sp³-hybridized carbons (Fsp3) is 0.642. The Balaban J connectivity index is 1.22. The lowest BCUT2D eigenvalue weighted by Gasteiger charge is -2.37. The number of esters is 1. The summed E-state index contributed by atoms with van der Waals surface area (Å²) in [6, 6.07) is 6.15. The Morgan fingerprint density at radius 3 is 2.57 bits per heavy atom. The van der Waals surface area contributed by atoms with E-state index in [-0.39, 0.29) is 54.0 Å². The number of hydrazine groups is 1. The van der Waals surface area contributed by atoms with Crippen LogP contribution in [0.3, 0.4) is 0 Å². The minimum Gasteiger partial charge on any atom is -0.464 e. The van der Waals surface area contributed by atoms with Crippen molar-refractivity contribution in [3.8, 4) is 22.5 Å². The molecule has 3 aromatic heterocycles. The maximum absolute atomic E-state index is 14.7. The van der Waals surface area contributed by atoms with Gasteiger partial charge in [-0.05, 0) is 94.6 Å². The van der Waals surface area contributed by atoms with Gasteiger partial charge in [-0.2, -0.15) is 0 Å². The Morgan fingerprint density at radius 2 is 1.82 bits per heavy atom. The van der Waals surface area contributed by atoms with Gasteiger partial charge in [0.15, 0.2) is 0 Å². The van der Waals surface area contributed by atoms with Crippen LogP contribution < -0.4 is 15.6 Å². The molecule has 4 fully saturated rings. The molecule has 19 heteroatoms. The SMILES string of the molecule is CO[C@@H](C)c1ncc(N2CCCN(C)CC2)cc1-c1c2c3cc(ccc3n1CCOC1CCOCC1)-c1csc(n1)[C@@H](OCC(F)F)[C@H](NC(=O)C1[C@@H](C)[C@H]1C)C(=O)N1CCC[C@H](N1)C(=O)OCC(C)(C)C2. The predicted molar refractivity (Wildman–Crippen MR) is 271 cm³/mol. The molecule has 72 heavy (non-hydrogen) atoms.